The Labute approximate surface area is 114 Å². The minimum atomic E-state index is -0.459. The van der Waals surface area contributed by atoms with Gasteiger partial charge in [0.25, 0.3) is 0 Å². The van der Waals surface area contributed by atoms with E-state index >= 15 is 0 Å². The molecule has 6 heteroatoms. The van der Waals surface area contributed by atoms with E-state index in [4.69, 9.17) is 10.5 Å². The highest BCUT2D eigenvalue weighted by Gasteiger charge is 2.16. The molecule has 0 bridgehead atoms. The Morgan fingerprint density at radius 3 is 2.74 bits per heavy atom. The minimum Gasteiger partial charge on any atom is -0.461 e. The maximum absolute atomic E-state index is 11.6. The Hall–Kier alpha value is -1.56. The van der Waals surface area contributed by atoms with Crippen LogP contribution in [0.2, 0.25) is 0 Å². The number of hydrogen-bond donors (Lipinski definition) is 1. The summed E-state index contributed by atoms with van der Waals surface area (Å²) in [7, 11) is 0. The van der Waals surface area contributed by atoms with Gasteiger partial charge in [0.2, 0.25) is 0 Å². The molecule has 0 aliphatic rings. The number of imidazole rings is 1. The Bertz CT molecular complexity index is 403. The number of likely N-dealkylation sites (N-methyl/N-ethyl adjacent to an activating group) is 1. The van der Waals surface area contributed by atoms with Crippen LogP contribution in [0.25, 0.3) is 0 Å². The second-order valence-corrected chi connectivity index (χ2v) is 4.33. The smallest absolute Gasteiger partial charge is 0.360 e. The fourth-order valence-electron chi connectivity index (χ4n) is 1.92. The number of rotatable bonds is 8. The van der Waals surface area contributed by atoms with E-state index in [2.05, 4.69) is 23.7 Å². The Balaban J connectivity index is 2.62. The minimum absolute atomic E-state index is 0.209. The zero-order valence-corrected chi connectivity index (χ0v) is 12.1. The summed E-state index contributed by atoms with van der Waals surface area (Å²) in [5.41, 5.74) is 6.13. The van der Waals surface area contributed by atoms with Crippen molar-refractivity contribution in [1.82, 2.24) is 14.5 Å². The van der Waals surface area contributed by atoms with Crippen LogP contribution in [0.1, 0.15) is 37.7 Å². The third kappa shape index (κ3) is 4.24. The molecular formula is C13H24N4O2. The summed E-state index contributed by atoms with van der Waals surface area (Å²) >= 11 is 0. The van der Waals surface area contributed by atoms with Gasteiger partial charge in [-0.2, -0.15) is 0 Å². The molecule has 1 aromatic rings. The maximum atomic E-state index is 11.6. The summed E-state index contributed by atoms with van der Waals surface area (Å²) < 4.78 is 6.70. The van der Waals surface area contributed by atoms with Crippen LogP contribution in [0.3, 0.4) is 0 Å². The number of anilines is 1. The van der Waals surface area contributed by atoms with Crippen molar-refractivity contribution in [3.8, 4) is 0 Å². The molecule has 108 valence electrons. The monoisotopic (exact) mass is 268 g/mol. The second kappa shape index (κ2) is 7.78. The lowest BCUT2D eigenvalue weighted by Crippen LogP contribution is -2.28. The first-order chi connectivity index (χ1) is 9.13. The largest absolute Gasteiger partial charge is 0.461 e. The molecule has 0 radical (unpaired) electrons. The van der Waals surface area contributed by atoms with Crippen molar-refractivity contribution in [2.24, 2.45) is 0 Å². The van der Waals surface area contributed by atoms with E-state index in [0.29, 0.717) is 12.4 Å². The molecule has 0 spiro atoms. The lowest BCUT2D eigenvalue weighted by Gasteiger charge is -2.19. The Kier molecular flexibility index (Phi) is 6.35. The number of esters is 1. The van der Waals surface area contributed by atoms with Crippen LogP contribution in [0.5, 0.6) is 0 Å². The van der Waals surface area contributed by atoms with Gasteiger partial charge in [-0.1, -0.05) is 13.8 Å². The molecule has 0 saturated carbocycles. The van der Waals surface area contributed by atoms with Crippen LogP contribution in [0.15, 0.2) is 6.33 Å². The van der Waals surface area contributed by atoms with E-state index in [9.17, 15) is 4.79 Å². The van der Waals surface area contributed by atoms with Crippen molar-refractivity contribution in [3.63, 3.8) is 0 Å². The van der Waals surface area contributed by atoms with Crippen molar-refractivity contribution >= 4 is 11.8 Å². The summed E-state index contributed by atoms with van der Waals surface area (Å²) in [6.07, 6.45) is 2.72. The van der Waals surface area contributed by atoms with Crippen LogP contribution in [0, 0.1) is 0 Å². The zero-order chi connectivity index (χ0) is 14.3. The number of carbonyl (C=O) groups excluding carboxylic acids is 1. The number of hydrogen-bond acceptors (Lipinski definition) is 5. The topological polar surface area (TPSA) is 73.4 Å². The van der Waals surface area contributed by atoms with Crippen LogP contribution in [0.4, 0.5) is 5.82 Å². The molecule has 0 unspecified atom stereocenters. The van der Waals surface area contributed by atoms with Gasteiger partial charge in [-0.3, -0.25) is 0 Å². The van der Waals surface area contributed by atoms with Crippen molar-refractivity contribution in [3.05, 3.63) is 12.0 Å². The SMILES string of the molecule is CCCN(CC)CCn1cnc(C(=O)OCC)c1N. The van der Waals surface area contributed by atoms with E-state index in [1.54, 1.807) is 17.8 Å². The van der Waals surface area contributed by atoms with Gasteiger partial charge in [-0.15, -0.1) is 0 Å². The normalized spacial score (nSPS) is 10.9. The molecule has 1 aromatic heterocycles. The first-order valence-corrected chi connectivity index (χ1v) is 6.84. The lowest BCUT2D eigenvalue weighted by molar-refractivity contribution is 0.0521. The van der Waals surface area contributed by atoms with Gasteiger partial charge in [-0.25, -0.2) is 9.78 Å². The lowest BCUT2D eigenvalue weighted by atomic mass is 10.4. The number of ether oxygens (including phenoxy) is 1. The summed E-state index contributed by atoms with van der Waals surface area (Å²) in [5, 5.41) is 0. The predicted molar refractivity (Wildman–Crippen MR) is 75.0 cm³/mol. The first kappa shape index (κ1) is 15.5. The molecule has 0 aliphatic heterocycles. The molecule has 0 fully saturated rings. The third-order valence-corrected chi connectivity index (χ3v) is 2.99. The quantitative estimate of drug-likeness (QED) is 0.721. The average Bonchev–Trinajstić information content (AvgIpc) is 2.76. The maximum Gasteiger partial charge on any atom is 0.360 e. The van der Waals surface area contributed by atoms with Crippen LogP contribution < -0.4 is 5.73 Å². The number of nitrogens with zero attached hydrogens (tertiary/aromatic N) is 3. The van der Waals surface area contributed by atoms with Gasteiger partial charge in [0.05, 0.1) is 12.9 Å². The molecule has 1 rings (SSSR count). The first-order valence-electron chi connectivity index (χ1n) is 6.84. The number of nitrogens with two attached hydrogens (primary N) is 1. The molecule has 0 atom stereocenters. The Morgan fingerprint density at radius 1 is 1.42 bits per heavy atom. The third-order valence-electron chi connectivity index (χ3n) is 2.99. The van der Waals surface area contributed by atoms with E-state index in [0.717, 1.165) is 32.6 Å². The van der Waals surface area contributed by atoms with Gasteiger partial charge in [0, 0.05) is 13.1 Å². The van der Waals surface area contributed by atoms with Crippen molar-refractivity contribution in [2.75, 3.05) is 32.0 Å². The Morgan fingerprint density at radius 2 is 2.16 bits per heavy atom. The molecule has 0 saturated heterocycles. The fraction of sp³-hybridized carbons (Fsp3) is 0.692. The van der Waals surface area contributed by atoms with Crippen molar-refractivity contribution in [2.45, 2.75) is 33.7 Å². The zero-order valence-electron chi connectivity index (χ0n) is 12.1. The van der Waals surface area contributed by atoms with Crippen LogP contribution in [-0.4, -0.2) is 46.7 Å². The van der Waals surface area contributed by atoms with Gasteiger partial charge in [-0.05, 0) is 26.4 Å². The highest BCUT2D eigenvalue weighted by molar-refractivity contribution is 5.92. The van der Waals surface area contributed by atoms with Gasteiger partial charge >= 0.3 is 5.97 Å². The number of aromatic nitrogens is 2. The predicted octanol–water partition coefficient (Wildman–Crippen LogP) is 1.37. The molecule has 0 aromatic carbocycles. The van der Waals surface area contributed by atoms with E-state index < -0.39 is 5.97 Å². The summed E-state index contributed by atoms with van der Waals surface area (Å²) in [4.78, 5) is 18.0. The second-order valence-electron chi connectivity index (χ2n) is 4.33. The van der Waals surface area contributed by atoms with Gasteiger partial charge < -0.3 is 19.9 Å². The van der Waals surface area contributed by atoms with Crippen LogP contribution in [-0.2, 0) is 11.3 Å². The molecule has 1 heterocycles. The van der Waals surface area contributed by atoms with Crippen molar-refractivity contribution in [1.29, 1.82) is 0 Å². The van der Waals surface area contributed by atoms with Gasteiger partial charge in [0.15, 0.2) is 5.69 Å². The highest BCUT2D eigenvalue weighted by atomic mass is 16.5. The average molecular weight is 268 g/mol. The van der Waals surface area contributed by atoms with E-state index in [1.165, 1.54) is 0 Å². The molecule has 6 nitrogen and oxygen atoms in total. The molecule has 19 heavy (non-hydrogen) atoms. The summed E-state index contributed by atoms with van der Waals surface area (Å²) in [6.45, 7) is 10.1. The molecule has 0 amide bonds. The number of nitrogen functional groups attached to an aromatic ring is 1. The van der Waals surface area contributed by atoms with E-state index in [-0.39, 0.29) is 5.69 Å². The summed E-state index contributed by atoms with van der Waals surface area (Å²) in [6, 6.07) is 0. The fourth-order valence-corrected chi connectivity index (χ4v) is 1.92. The van der Waals surface area contributed by atoms with E-state index in [1.807, 2.05) is 0 Å². The summed E-state index contributed by atoms with van der Waals surface area (Å²) in [5.74, 6) is -0.0781. The molecule has 2 N–H and O–H groups in total. The number of carbonyl (C=O) groups is 1. The highest BCUT2D eigenvalue weighted by Crippen LogP contribution is 2.11. The molecule has 0 aliphatic carbocycles. The van der Waals surface area contributed by atoms with Gasteiger partial charge in [0.1, 0.15) is 5.82 Å². The molecular weight excluding hydrogens is 244 g/mol. The van der Waals surface area contributed by atoms with Crippen LogP contribution >= 0.6 is 0 Å². The standard InChI is InChI=1S/C13H24N4O2/c1-4-7-16(5-2)8-9-17-10-15-11(12(17)14)13(18)19-6-3/h10H,4-9,14H2,1-3H3. The van der Waals surface area contributed by atoms with Crippen molar-refractivity contribution < 1.29 is 9.53 Å².